The van der Waals surface area contributed by atoms with Gasteiger partial charge in [-0.3, -0.25) is 15.1 Å². The average Bonchev–Trinajstić information content (AvgIpc) is 2.80. The van der Waals surface area contributed by atoms with E-state index < -0.39 is 11.7 Å². The summed E-state index contributed by atoms with van der Waals surface area (Å²) in [6.07, 6.45) is 4.88. The maximum absolute atomic E-state index is 12.7. The van der Waals surface area contributed by atoms with Crippen LogP contribution in [-0.4, -0.2) is 53.7 Å². The van der Waals surface area contributed by atoms with Crippen molar-refractivity contribution in [1.29, 1.82) is 0 Å². The summed E-state index contributed by atoms with van der Waals surface area (Å²) in [5, 5.41) is 8.96. The van der Waals surface area contributed by atoms with Crippen LogP contribution in [0.15, 0.2) is 42.6 Å². The molecule has 2 aromatic rings. The van der Waals surface area contributed by atoms with Gasteiger partial charge in [-0.2, -0.15) is 0 Å². The molecule has 35 heavy (non-hydrogen) atoms. The molecule has 1 aromatic heterocycles. The van der Waals surface area contributed by atoms with Gasteiger partial charge in [0, 0.05) is 12.7 Å². The molecule has 0 atom stereocenters. The number of hydrogen-bond acceptors (Lipinski definition) is 6. The highest BCUT2D eigenvalue weighted by Gasteiger charge is 2.18. The predicted molar refractivity (Wildman–Crippen MR) is 140 cm³/mol. The number of para-hydroxylation sites is 2. The quantitative estimate of drug-likeness (QED) is 0.441. The predicted octanol–water partition coefficient (Wildman–Crippen LogP) is 4.89. The molecule has 1 fully saturated rings. The van der Waals surface area contributed by atoms with E-state index in [9.17, 15) is 9.59 Å². The first kappa shape index (κ1) is 26.6. The largest absolute Gasteiger partial charge is 0.444 e. The number of carbonyl (C=O) groups excluding carboxylic acids is 2. The number of benzene rings is 1. The summed E-state index contributed by atoms with van der Waals surface area (Å²) in [4.78, 5) is 31.7. The lowest BCUT2D eigenvalue weighted by Gasteiger charge is -2.30. The number of aromatic nitrogens is 1. The van der Waals surface area contributed by atoms with Crippen molar-refractivity contribution in [3.05, 3.63) is 53.9 Å². The van der Waals surface area contributed by atoms with Crippen LogP contribution in [0.1, 0.15) is 63.0 Å². The lowest BCUT2D eigenvalue weighted by atomic mass is 9.99. The second-order valence-electron chi connectivity index (χ2n) is 10.2. The molecular formula is C27H39N5O3. The number of nitrogens with one attached hydrogen (secondary N) is 3. The highest BCUT2D eigenvalue weighted by Crippen LogP contribution is 2.22. The molecule has 0 bridgehead atoms. The number of amides is 2. The minimum atomic E-state index is -0.616. The Morgan fingerprint density at radius 3 is 2.37 bits per heavy atom. The van der Waals surface area contributed by atoms with Gasteiger partial charge in [0.25, 0.3) is 5.91 Å². The second kappa shape index (κ2) is 12.7. The molecule has 190 valence electrons. The number of nitrogens with zero attached hydrogens (tertiary/aromatic N) is 2. The summed E-state index contributed by atoms with van der Waals surface area (Å²) in [7, 11) is 0. The van der Waals surface area contributed by atoms with Gasteiger partial charge in [-0.1, -0.05) is 25.1 Å². The number of anilines is 2. The third kappa shape index (κ3) is 9.30. The molecule has 0 unspecified atom stereocenters. The van der Waals surface area contributed by atoms with E-state index in [0.717, 1.165) is 31.0 Å². The summed E-state index contributed by atoms with van der Waals surface area (Å²) >= 11 is 0. The van der Waals surface area contributed by atoms with Gasteiger partial charge in [-0.25, -0.2) is 4.79 Å². The van der Waals surface area contributed by atoms with Crippen molar-refractivity contribution < 1.29 is 14.3 Å². The van der Waals surface area contributed by atoms with Crippen molar-refractivity contribution in [2.45, 2.75) is 59.1 Å². The molecule has 2 heterocycles. The van der Waals surface area contributed by atoms with E-state index in [4.69, 9.17) is 4.74 Å². The van der Waals surface area contributed by atoms with Gasteiger partial charge < -0.3 is 20.3 Å². The molecule has 1 aliphatic rings. The average molecular weight is 482 g/mol. The Bertz CT molecular complexity index is 964. The number of ether oxygens (including phenoxy) is 1. The van der Waals surface area contributed by atoms with E-state index in [2.05, 4.69) is 32.8 Å². The third-order valence-corrected chi connectivity index (χ3v) is 5.90. The van der Waals surface area contributed by atoms with Gasteiger partial charge in [-0.05, 0) is 95.9 Å². The molecule has 8 heteroatoms. The highest BCUT2D eigenvalue weighted by atomic mass is 16.6. The van der Waals surface area contributed by atoms with E-state index in [0.29, 0.717) is 23.6 Å². The topological polar surface area (TPSA) is 95.6 Å². The van der Waals surface area contributed by atoms with Crippen LogP contribution in [0.3, 0.4) is 0 Å². The van der Waals surface area contributed by atoms with Crippen LogP contribution in [0.4, 0.5) is 16.2 Å². The summed E-state index contributed by atoms with van der Waals surface area (Å²) in [5.74, 6) is 0.518. The van der Waals surface area contributed by atoms with E-state index in [-0.39, 0.29) is 5.91 Å². The Morgan fingerprint density at radius 2 is 1.74 bits per heavy atom. The van der Waals surface area contributed by atoms with Gasteiger partial charge >= 0.3 is 6.09 Å². The van der Waals surface area contributed by atoms with E-state index in [1.807, 2.05) is 6.07 Å². The fraction of sp³-hybridized carbons (Fsp3) is 0.519. The zero-order valence-corrected chi connectivity index (χ0v) is 21.4. The smallest absolute Gasteiger partial charge is 0.412 e. The molecule has 2 amide bonds. The van der Waals surface area contributed by atoms with Crippen LogP contribution in [0.2, 0.25) is 0 Å². The van der Waals surface area contributed by atoms with Gasteiger partial charge in [0.1, 0.15) is 11.3 Å². The molecule has 1 saturated heterocycles. The summed E-state index contributed by atoms with van der Waals surface area (Å²) < 4.78 is 5.30. The number of likely N-dealkylation sites (tertiary alicyclic amines) is 1. The molecule has 8 nitrogen and oxygen atoms in total. The van der Waals surface area contributed by atoms with Crippen LogP contribution in [0.5, 0.6) is 0 Å². The van der Waals surface area contributed by atoms with Crippen molar-refractivity contribution in [3.8, 4) is 0 Å². The Morgan fingerprint density at radius 1 is 1.06 bits per heavy atom. The summed E-state index contributed by atoms with van der Waals surface area (Å²) in [5.41, 5.74) is 1.64. The molecule has 3 N–H and O–H groups in total. The lowest BCUT2D eigenvalue weighted by Crippen LogP contribution is -2.34. The second-order valence-corrected chi connectivity index (χ2v) is 10.2. The molecule has 1 aliphatic heterocycles. The van der Waals surface area contributed by atoms with E-state index >= 15 is 0 Å². The molecule has 0 saturated carbocycles. The van der Waals surface area contributed by atoms with Crippen molar-refractivity contribution in [1.82, 2.24) is 15.2 Å². The number of carbonyl (C=O) groups is 2. The standard InChI is InChI=1S/C27H39N5O3/c1-20-12-16-32(17-13-20)15-7-14-28-18-21-10-11-24(29-19-21)25(33)30-22-8-5-6-9-23(22)31-26(34)35-27(2,3)4/h5-6,8-11,19-20,28H,7,12-18H2,1-4H3,(H,30,33)(H,31,34). The zero-order valence-electron chi connectivity index (χ0n) is 21.4. The molecule has 1 aromatic carbocycles. The highest BCUT2D eigenvalue weighted by molar-refractivity contribution is 6.05. The van der Waals surface area contributed by atoms with Gasteiger partial charge in [0.05, 0.1) is 11.4 Å². The Balaban J connectivity index is 1.44. The number of hydrogen-bond donors (Lipinski definition) is 3. The first-order valence-electron chi connectivity index (χ1n) is 12.5. The number of piperidine rings is 1. The Hall–Kier alpha value is -2.97. The number of pyridine rings is 1. The van der Waals surface area contributed by atoms with Crippen molar-refractivity contribution in [2.24, 2.45) is 5.92 Å². The van der Waals surface area contributed by atoms with Crippen molar-refractivity contribution in [3.63, 3.8) is 0 Å². The van der Waals surface area contributed by atoms with Crippen molar-refractivity contribution in [2.75, 3.05) is 36.8 Å². The molecule has 0 radical (unpaired) electrons. The summed E-state index contributed by atoms with van der Waals surface area (Å²) in [6, 6.07) is 10.6. The van der Waals surface area contributed by atoms with Crippen LogP contribution in [0.25, 0.3) is 0 Å². The Kier molecular flexibility index (Phi) is 9.63. The molecule has 3 rings (SSSR count). The fourth-order valence-corrected chi connectivity index (χ4v) is 3.91. The van der Waals surface area contributed by atoms with E-state index in [1.165, 1.54) is 25.9 Å². The maximum atomic E-state index is 12.7. The van der Waals surface area contributed by atoms with Crippen molar-refractivity contribution >= 4 is 23.4 Å². The lowest BCUT2D eigenvalue weighted by molar-refractivity contribution is 0.0635. The van der Waals surface area contributed by atoms with E-state index in [1.54, 1.807) is 57.3 Å². The monoisotopic (exact) mass is 481 g/mol. The third-order valence-electron chi connectivity index (χ3n) is 5.90. The first-order chi connectivity index (χ1) is 16.7. The zero-order chi connectivity index (χ0) is 25.3. The molecule has 0 spiro atoms. The van der Waals surface area contributed by atoms with Crippen LogP contribution in [0, 0.1) is 5.92 Å². The first-order valence-corrected chi connectivity index (χ1v) is 12.5. The maximum Gasteiger partial charge on any atom is 0.412 e. The Labute approximate surface area is 208 Å². The van der Waals surface area contributed by atoms with Crippen LogP contribution >= 0.6 is 0 Å². The van der Waals surface area contributed by atoms with Crippen LogP contribution in [-0.2, 0) is 11.3 Å². The molecular weight excluding hydrogens is 442 g/mol. The minimum Gasteiger partial charge on any atom is -0.444 e. The van der Waals surface area contributed by atoms with Gasteiger partial charge in [0.2, 0.25) is 0 Å². The minimum absolute atomic E-state index is 0.306. The van der Waals surface area contributed by atoms with Crippen LogP contribution < -0.4 is 16.0 Å². The normalized spacial score (nSPS) is 15.0. The van der Waals surface area contributed by atoms with Gasteiger partial charge in [0.15, 0.2) is 0 Å². The molecule has 0 aliphatic carbocycles. The summed E-state index contributed by atoms with van der Waals surface area (Å²) in [6.45, 7) is 13.0. The number of rotatable bonds is 9. The SMILES string of the molecule is CC1CCN(CCCNCc2ccc(C(=O)Nc3ccccc3NC(=O)OC(C)(C)C)nc2)CC1. The van der Waals surface area contributed by atoms with Gasteiger partial charge in [-0.15, -0.1) is 0 Å². The fourth-order valence-electron chi connectivity index (χ4n) is 3.91.